The SMILES string of the molecule is O=C(O)c1nc(CN2CCN(c3ccccn3)CC2)cs1. The second kappa shape index (κ2) is 6.19. The summed E-state index contributed by atoms with van der Waals surface area (Å²) in [5.74, 6) is 0.0604. The van der Waals surface area contributed by atoms with Gasteiger partial charge in [0.15, 0.2) is 0 Å². The van der Waals surface area contributed by atoms with Gasteiger partial charge in [0.2, 0.25) is 5.01 Å². The number of carbonyl (C=O) groups is 1. The Balaban J connectivity index is 1.55. The van der Waals surface area contributed by atoms with Crippen LogP contribution < -0.4 is 4.90 Å². The van der Waals surface area contributed by atoms with Gasteiger partial charge in [0.1, 0.15) is 5.82 Å². The average molecular weight is 304 g/mol. The van der Waals surface area contributed by atoms with Crippen molar-refractivity contribution in [3.8, 4) is 0 Å². The van der Waals surface area contributed by atoms with E-state index in [0.717, 1.165) is 37.7 Å². The molecule has 1 aliphatic rings. The molecule has 0 bridgehead atoms. The van der Waals surface area contributed by atoms with Crippen LogP contribution in [0.2, 0.25) is 0 Å². The second-order valence-corrected chi connectivity index (χ2v) is 5.76. The second-order valence-electron chi connectivity index (χ2n) is 4.90. The molecule has 0 aliphatic carbocycles. The van der Waals surface area contributed by atoms with Gasteiger partial charge in [-0.05, 0) is 12.1 Å². The number of aromatic carboxylic acids is 1. The molecule has 3 rings (SSSR count). The number of carboxylic acids is 1. The molecular weight excluding hydrogens is 288 g/mol. The van der Waals surface area contributed by atoms with Gasteiger partial charge < -0.3 is 10.0 Å². The molecule has 0 spiro atoms. The van der Waals surface area contributed by atoms with E-state index in [4.69, 9.17) is 5.11 Å². The van der Waals surface area contributed by atoms with Gasteiger partial charge in [0.05, 0.1) is 5.69 Å². The molecule has 0 saturated carbocycles. The predicted molar refractivity (Wildman–Crippen MR) is 80.8 cm³/mol. The van der Waals surface area contributed by atoms with Crippen molar-refractivity contribution in [1.82, 2.24) is 14.9 Å². The fourth-order valence-electron chi connectivity index (χ4n) is 2.38. The van der Waals surface area contributed by atoms with E-state index >= 15 is 0 Å². The standard InChI is InChI=1S/C14H16N4O2S/c19-14(20)13-16-11(10-21-13)9-17-5-7-18(8-6-17)12-3-1-2-4-15-12/h1-4,10H,5-9H2,(H,19,20). The van der Waals surface area contributed by atoms with Gasteiger partial charge in [-0.3, -0.25) is 4.90 Å². The maximum Gasteiger partial charge on any atom is 0.365 e. The summed E-state index contributed by atoms with van der Waals surface area (Å²) in [4.78, 5) is 23.9. The Labute approximate surface area is 126 Å². The summed E-state index contributed by atoms with van der Waals surface area (Å²) in [5, 5.41) is 10.9. The van der Waals surface area contributed by atoms with E-state index in [1.165, 1.54) is 11.3 Å². The molecule has 1 N–H and O–H groups in total. The van der Waals surface area contributed by atoms with E-state index in [0.29, 0.717) is 6.54 Å². The summed E-state index contributed by atoms with van der Waals surface area (Å²) in [5.41, 5.74) is 0.837. The summed E-state index contributed by atoms with van der Waals surface area (Å²) in [6, 6.07) is 5.94. The minimum absolute atomic E-state index is 0.164. The third-order valence-corrected chi connectivity index (χ3v) is 4.34. The number of aromatic nitrogens is 2. The first-order valence-corrected chi connectivity index (χ1v) is 7.66. The third-order valence-electron chi connectivity index (χ3n) is 3.47. The normalized spacial score (nSPS) is 16.1. The van der Waals surface area contributed by atoms with Gasteiger partial charge in [-0.15, -0.1) is 11.3 Å². The highest BCUT2D eigenvalue weighted by Crippen LogP contribution is 2.16. The van der Waals surface area contributed by atoms with Crippen molar-refractivity contribution in [1.29, 1.82) is 0 Å². The Kier molecular flexibility index (Phi) is 4.12. The largest absolute Gasteiger partial charge is 0.476 e. The number of rotatable bonds is 4. The lowest BCUT2D eigenvalue weighted by atomic mass is 10.3. The zero-order valence-corrected chi connectivity index (χ0v) is 12.3. The molecular formula is C14H16N4O2S. The summed E-state index contributed by atoms with van der Waals surface area (Å²) < 4.78 is 0. The van der Waals surface area contributed by atoms with Crippen molar-refractivity contribution in [3.05, 3.63) is 40.5 Å². The number of nitrogens with zero attached hydrogens (tertiary/aromatic N) is 4. The molecule has 21 heavy (non-hydrogen) atoms. The van der Waals surface area contributed by atoms with Crippen molar-refractivity contribution in [2.24, 2.45) is 0 Å². The molecule has 3 heterocycles. The van der Waals surface area contributed by atoms with E-state index in [1.54, 1.807) is 0 Å². The van der Waals surface area contributed by atoms with Crippen LogP contribution in [0.5, 0.6) is 0 Å². The highest BCUT2D eigenvalue weighted by molar-refractivity contribution is 7.11. The van der Waals surface area contributed by atoms with Crippen LogP contribution in [0.1, 0.15) is 15.5 Å². The van der Waals surface area contributed by atoms with E-state index in [9.17, 15) is 4.79 Å². The smallest absolute Gasteiger partial charge is 0.365 e. The fourth-order valence-corrected chi connectivity index (χ4v) is 3.03. The molecule has 1 aliphatic heterocycles. The lowest BCUT2D eigenvalue weighted by molar-refractivity contribution is 0.0696. The number of pyridine rings is 1. The van der Waals surface area contributed by atoms with Crippen LogP contribution in [0.15, 0.2) is 29.8 Å². The van der Waals surface area contributed by atoms with E-state index in [1.807, 2.05) is 29.8 Å². The molecule has 1 saturated heterocycles. The molecule has 0 unspecified atom stereocenters. The Hall–Kier alpha value is -1.99. The zero-order chi connectivity index (χ0) is 14.7. The summed E-state index contributed by atoms with van der Waals surface area (Å²) >= 11 is 1.19. The summed E-state index contributed by atoms with van der Waals surface area (Å²) in [7, 11) is 0. The molecule has 0 atom stereocenters. The van der Waals surface area contributed by atoms with Crippen molar-refractivity contribution >= 4 is 23.1 Å². The quantitative estimate of drug-likeness (QED) is 0.924. The minimum atomic E-state index is -0.953. The molecule has 2 aromatic rings. The van der Waals surface area contributed by atoms with Crippen LogP contribution in [0.4, 0.5) is 5.82 Å². The zero-order valence-electron chi connectivity index (χ0n) is 11.5. The highest BCUT2D eigenvalue weighted by atomic mass is 32.1. The summed E-state index contributed by atoms with van der Waals surface area (Å²) in [6.45, 7) is 4.41. The minimum Gasteiger partial charge on any atom is -0.476 e. The number of thiazole rings is 1. The van der Waals surface area contributed by atoms with Gasteiger partial charge >= 0.3 is 5.97 Å². The van der Waals surface area contributed by atoms with Crippen LogP contribution >= 0.6 is 11.3 Å². The number of anilines is 1. The first kappa shape index (κ1) is 14.0. The van der Waals surface area contributed by atoms with Crippen molar-refractivity contribution < 1.29 is 9.90 Å². The fraction of sp³-hybridized carbons (Fsp3) is 0.357. The van der Waals surface area contributed by atoms with Crippen LogP contribution in [0.3, 0.4) is 0 Å². The first-order valence-electron chi connectivity index (χ1n) is 6.78. The Morgan fingerprint density at radius 2 is 2.10 bits per heavy atom. The number of hydrogen-bond acceptors (Lipinski definition) is 6. The molecule has 1 fully saturated rings. The first-order chi connectivity index (χ1) is 10.2. The predicted octanol–water partition coefficient (Wildman–Crippen LogP) is 1.56. The Bertz CT molecular complexity index is 608. The van der Waals surface area contributed by atoms with E-state index < -0.39 is 5.97 Å². The molecule has 0 aromatic carbocycles. The topological polar surface area (TPSA) is 69.6 Å². The highest BCUT2D eigenvalue weighted by Gasteiger charge is 2.19. The van der Waals surface area contributed by atoms with Gasteiger partial charge in [-0.1, -0.05) is 6.07 Å². The number of piperazine rings is 1. The third kappa shape index (κ3) is 3.37. The maximum atomic E-state index is 10.8. The Morgan fingerprint density at radius 3 is 2.71 bits per heavy atom. The molecule has 0 radical (unpaired) electrons. The summed E-state index contributed by atoms with van der Waals surface area (Å²) in [6.07, 6.45) is 1.81. The molecule has 110 valence electrons. The Morgan fingerprint density at radius 1 is 1.29 bits per heavy atom. The van der Waals surface area contributed by atoms with E-state index in [2.05, 4.69) is 19.8 Å². The van der Waals surface area contributed by atoms with Crippen LogP contribution in [-0.4, -0.2) is 52.1 Å². The van der Waals surface area contributed by atoms with Gasteiger partial charge in [0, 0.05) is 44.3 Å². The maximum absolute atomic E-state index is 10.8. The lowest BCUT2D eigenvalue weighted by Gasteiger charge is -2.35. The van der Waals surface area contributed by atoms with Crippen molar-refractivity contribution in [2.75, 3.05) is 31.1 Å². The van der Waals surface area contributed by atoms with Crippen LogP contribution in [-0.2, 0) is 6.54 Å². The number of carboxylic acid groups (broad SMARTS) is 1. The molecule has 0 amide bonds. The lowest BCUT2D eigenvalue weighted by Crippen LogP contribution is -2.46. The van der Waals surface area contributed by atoms with Crippen LogP contribution in [0.25, 0.3) is 0 Å². The van der Waals surface area contributed by atoms with E-state index in [-0.39, 0.29) is 5.01 Å². The van der Waals surface area contributed by atoms with Gasteiger partial charge in [-0.25, -0.2) is 14.8 Å². The van der Waals surface area contributed by atoms with Gasteiger partial charge in [0.25, 0.3) is 0 Å². The molecule has 7 heteroatoms. The van der Waals surface area contributed by atoms with Crippen molar-refractivity contribution in [3.63, 3.8) is 0 Å². The molecule has 2 aromatic heterocycles. The monoisotopic (exact) mass is 304 g/mol. The van der Waals surface area contributed by atoms with Crippen molar-refractivity contribution in [2.45, 2.75) is 6.54 Å². The van der Waals surface area contributed by atoms with Crippen LogP contribution in [0, 0.1) is 0 Å². The van der Waals surface area contributed by atoms with Gasteiger partial charge in [-0.2, -0.15) is 0 Å². The molecule has 6 nitrogen and oxygen atoms in total. The number of hydrogen-bond donors (Lipinski definition) is 1. The average Bonchev–Trinajstić information content (AvgIpc) is 2.98.